The van der Waals surface area contributed by atoms with E-state index in [2.05, 4.69) is 16.0 Å². The molecule has 5 saturated heterocycles. The number of aliphatic hydroxyl groups excluding tert-OH is 15. The van der Waals surface area contributed by atoms with Gasteiger partial charge in [0, 0.05) is 27.2 Å². The van der Waals surface area contributed by atoms with E-state index < -0.39 is 222 Å². The maximum atomic E-state index is 12.7. The zero-order valence-electron chi connectivity index (χ0n) is 38.1. The highest BCUT2D eigenvalue weighted by atomic mass is 16.8. The fraction of sp³-hybridized carbons (Fsp3) is 0.897. The molecule has 0 aromatic heterocycles. The first kappa shape index (κ1) is 58.8. The minimum atomic E-state index is -2.96. The molecule has 32 nitrogen and oxygen atoms in total. The fourth-order valence-corrected chi connectivity index (χ4v) is 8.83. The molecule has 0 spiro atoms. The van der Waals surface area contributed by atoms with Crippen molar-refractivity contribution in [3.8, 4) is 0 Å². The number of aliphatic hydroxyl groups is 15. The van der Waals surface area contributed by atoms with Crippen LogP contribution in [0.25, 0.3) is 0 Å². The van der Waals surface area contributed by atoms with Crippen LogP contribution in [0, 0.1) is 0 Å². The summed E-state index contributed by atoms with van der Waals surface area (Å²) < 4.78 is 50.9. The number of ether oxygens (including phenoxy) is 9. The van der Waals surface area contributed by atoms with Gasteiger partial charge in [0.1, 0.15) is 116 Å². The molecule has 410 valence electrons. The number of carboxylic acids is 1. The average molecular weight is 1040 g/mol. The van der Waals surface area contributed by atoms with Crippen LogP contribution < -0.4 is 16.0 Å². The minimum Gasteiger partial charge on any atom is -0.477 e. The molecule has 5 rings (SSSR count). The monoisotopic (exact) mass is 1040 g/mol. The Kier molecular flexibility index (Phi) is 20.7. The number of nitrogens with one attached hydrogen (secondary N) is 3. The molecule has 0 bridgehead atoms. The summed E-state index contributed by atoms with van der Waals surface area (Å²) in [6.07, 6.45) is -44.0. The van der Waals surface area contributed by atoms with Crippen molar-refractivity contribution >= 4 is 23.7 Å². The van der Waals surface area contributed by atoms with Crippen LogP contribution in [0.4, 0.5) is 0 Å². The van der Waals surface area contributed by atoms with E-state index in [0.717, 1.165) is 20.8 Å². The van der Waals surface area contributed by atoms with Crippen LogP contribution in [0.15, 0.2) is 0 Å². The van der Waals surface area contributed by atoms with E-state index in [1.54, 1.807) is 0 Å². The molecule has 5 heterocycles. The van der Waals surface area contributed by atoms with Crippen LogP contribution in [-0.2, 0) is 61.8 Å². The molecule has 0 unspecified atom stereocenters. The summed E-state index contributed by atoms with van der Waals surface area (Å²) in [6, 6.07) is -4.92. The summed E-state index contributed by atoms with van der Waals surface area (Å²) in [5.74, 6) is -7.28. The van der Waals surface area contributed by atoms with Crippen molar-refractivity contribution in [2.45, 2.75) is 186 Å². The number of carbonyl (C=O) groups is 4. The van der Waals surface area contributed by atoms with Crippen LogP contribution in [-0.4, -0.2) is 297 Å². The smallest absolute Gasteiger partial charge is 0.364 e. The van der Waals surface area contributed by atoms with Crippen LogP contribution in [0.1, 0.15) is 27.2 Å². The second-order valence-corrected chi connectivity index (χ2v) is 17.6. The van der Waals surface area contributed by atoms with Crippen molar-refractivity contribution < 1.29 is 144 Å². The molecule has 19 N–H and O–H groups in total. The lowest BCUT2D eigenvalue weighted by atomic mass is 9.88. The SMILES string of the molecule is CC(=O)N[C@@H]1[C@@H](O)[C@H](O[C@@H]2O[C@H](CO)[C@H](O)[C@H](O[C@@H]3O[C@H](CO)[C@@H](O[C@@H]4O[C@H](CO[C@]5(C(=O)O)C[C@H](O)[C@@H](NC(C)=O)[C@H]([C@H](O)[C@H](O)CO)O5)[C@H](O)[C@H](O)[C@H]4O)[C@H](O)[C@H]3NC(C)=O)[C@H]2O)[C@@H](CO)O[C@H]1O. The van der Waals surface area contributed by atoms with Crippen LogP contribution in [0.5, 0.6) is 0 Å². The van der Waals surface area contributed by atoms with Gasteiger partial charge in [0.05, 0.1) is 45.2 Å². The van der Waals surface area contributed by atoms with Crippen LogP contribution in [0.3, 0.4) is 0 Å². The maximum Gasteiger partial charge on any atom is 0.364 e. The Morgan fingerprint density at radius 2 is 1.04 bits per heavy atom. The number of hydrogen-bond donors (Lipinski definition) is 19. The van der Waals surface area contributed by atoms with Crippen molar-refractivity contribution in [3.63, 3.8) is 0 Å². The number of hydrogen-bond acceptors (Lipinski definition) is 28. The molecule has 0 aliphatic carbocycles. The third kappa shape index (κ3) is 13.1. The number of carboxylic acid groups (broad SMARTS) is 1. The Morgan fingerprint density at radius 3 is 1.58 bits per heavy atom. The van der Waals surface area contributed by atoms with E-state index in [0.29, 0.717) is 0 Å². The van der Waals surface area contributed by atoms with Gasteiger partial charge in [-0.2, -0.15) is 0 Å². The molecule has 0 radical (unpaired) electrons. The number of rotatable bonds is 19. The van der Waals surface area contributed by atoms with Crippen LogP contribution >= 0.6 is 0 Å². The van der Waals surface area contributed by atoms with Crippen molar-refractivity contribution in [2.75, 3.05) is 33.0 Å². The van der Waals surface area contributed by atoms with Gasteiger partial charge in [-0.1, -0.05) is 0 Å². The highest BCUT2D eigenvalue weighted by Crippen LogP contribution is 2.37. The number of carbonyl (C=O) groups excluding carboxylic acids is 3. The normalized spacial score (nSPS) is 45.0. The number of amides is 3. The molecule has 71 heavy (non-hydrogen) atoms. The Hall–Kier alpha value is -3.08. The van der Waals surface area contributed by atoms with Gasteiger partial charge in [-0.15, -0.1) is 0 Å². The lowest BCUT2D eigenvalue weighted by Crippen LogP contribution is -2.70. The number of aliphatic carboxylic acids is 1. The van der Waals surface area contributed by atoms with Gasteiger partial charge in [-0.3, -0.25) is 14.4 Å². The second kappa shape index (κ2) is 25.0. The van der Waals surface area contributed by atoms with Crippen molar-refractivity contribution in [1.29, 1.82) is 0 Å². The third-order valence-corrected chi connectivity index (χ3v) is 12.5. The summed E-state index contributed by atoms with van der Waals surface area (Å²) >= 11 is 0. The summed E-state index contributed by atoms with van der Waals surface area (Å²) in [6.45, 7) is -2.07. The lowest BCUT2D eigenvalue weighted by Gasteiger charge is -2.50. The maximum absolute atomic E-state index is 12.7. The molecule has 26 atom stereocenters. The molecular weight excluding hydrogens is 974 g/mol. The molecule has 32 heteroatoms. The summed E-state index contributed by atoms with van der Waals surface area (Å²) in [5.41, 5.74) is 0. The average Bonchev–Trinajstić information content (AvgIpc) is 3.31. The molecule has 5 aliphatic rings. The fourth-order valence-electron chi connectivity index (χ4n) is 8.83. The topological polar surface area (TPSA) is 511 Å². The second-order valence-electron chi connectivity index (χ2n) is 17.6. The molecule has 5 fully saturated rings. The van der Waals surface area contributed by atoms with E-state index in [1.807, 2.05) is 0 Å². The summed E-state index contributed by atoms with van der Waals surface area (Å²) in [4.78, 5) is 48.9. The zero-order valence-corrected chi connectivity index (χ0v) is 38.1. The Morgan fingerprint density at radius 1 is 0.563 bits per heavy atom. The molecule has 5 aliphatic heterocycles. The Balaban J connectivity index is 1.35. The molecular formula is C39H65N3O29. The molecule has 3 amide bonds. The summed E-state index contributed by atoms with van der Waals surface area (Å²) in [5, 5.41) is 178. The Bertz CT molecular complexity index is 1780. The first-order valence-electron chi connectivity index (χ1n) is 22.2. The Labute approximate surface area is 402 Å². The summed E-state index contributed by atoms with van der Waals surface area (Å²) in [7, 11) is 0. The van der Waals surface area contributed by atoms with Crippen molar-refractivity contribution in [2.24, 2.45) is 0 Å². The standard InChI is InChI=1S/C39H65N3O29/c1-10(47)40-19-13(50)4-39(38(61)62,71-32(19)22(52)14(51)5-43)63-9-18-23(53)27(57)28(58)36(67-18)68-31-17(8-46)66-35(21(26(31)56)42-12(3)49)70-33-24(54)15(6-44)65-37(29(33)59)69-30-16(7-45)64-34(60)20(25(30)55)41-11(2)48/h13-37,43-46,50-60H,4-9H2,1-3H3,(H,40,47)(H,41,48)(H,42,49)(H,61,62)/t13-,14+,15+,16+,17+,18+,19+,20+,21+,22+,23-,24-,25+,26+,27-,28+,29+,30+,31+,32+,33-,34+,35-,36-,37-,39+/m0/s1. The highest BCUT2D eigenvalue weighted by molar-refractivity contribution is 5.76. The molecule has 0 aromatic carbocycles. The van der Waals surface area contributed by atoms with E-state index >= 15 is 0 Å². The van der Waals surface area contributed by atoms with Gasteiger partial charge in [0.15, 0.2) is 25.2 Å². The van der Waals surface area contributed by atoms with Gasteiger partial charge in [-0.25, -0.2) is 4.79 Å². The molecule has 0 saturated carbocycles. The van der Waals surface area contributed by atoms with Crippen LogP contribution in [0.2, 0.25) is 0 Å². The van der Waals surface area contributed by atoms with E-state index in [4.69, 9.17) is 42.6 Å². The van der Waals surface area contributed by atoms with E-state index in [-0.39, 0.29) is 0 Å². The van der Waals surface area contributed by atoms with Crippen molar-refractivity contribution in [1.82, 2.24) is 16.0 Å². The van der Waals surface area contributed by atoms with Gasteiger partial charge >= 0.3 is 5.97 Å². The van der Waals surface area contributed by atoms with Gasteiger partial charge in [0.2, 0.25) is 17.7 Å². The molecule has 0 aromatic rings. The van der Waals surface area contributed by atoms with Gasteiger partial charge in [-0.05, 0) is 0 Å². The quantitative estimate of drug-likeness (QED) is 0.0571. The van der Waals surface area contributed by atoms with Crippen molar-refractivity contribution in [3.05, 3.63) is 0 Å². The minimum absolute atomic E-state index is 0.715. The highest BCUT2D eigenvalue weighted by Gasteiger charge is 2.59. The zero-order chi connectivity index (χ0) is 53.0. The van der Waals surface area contributed by atoms with Gasteiger partial charge < -0.3 is 140 Å². The first-order valence-corrected chi connectivity index (χ1v) is 22.2. The predicted octanol–water partition coefficient (Wildman–Crippen LogP) is -12.3. The van der Waals surface area contributed by atoms with Gasteiger partial charge in [0.25, 0.3) is 5.79 Å². The predicted molar refractivity (Wildman–Crippen MR) is 219 cm³/mol. The largest absolute Gasteiger partial charge is 0.477 e. The van der Waals surface area contributed by atoms with E-state index in [1.165, 1.54) is 0 Å². The third-order valence-electron chi connectivity index (χ3n) is 12.5. The lowest BCUT2D eigenvalue weighted by molar-refractivity contribution is -0.379. The van der Waals surface area contributed by atoms with E-state index in [9.17, 15) is 101 Å². The first-order chi connectivity index (χ1) is 33.3.